The van der Waals surface area contributed by atoms with Gasteiger partial charge in [-0.15, -0.1) is 0 Å². The Kier molecular flexibility index (Phi) is 5.83. The smallest absolute Gasteiger partial charge is 0.119 e. The molecule has 0 aliphatic carbocycles. The van der Waals surface area contributed by atoms with Gasteiger partial charge in [-0.1, -0.05) is 6.07 Å². The van der Waals surface area contributed by atoms with Crippen LogP contribution in [0.15, 0.2) is 18.2 Å². The van der Waals surface area contributed by atoms with Crippen molar-refractivity contribution in [3.05, 3.63) is 29.3 Å². The van der Waals surface area contributed by atoms with Crippen molar-refractivity contribution in [2.24, 2.45) is 0 Å². The molecule has 1 fully saturated rings. The summed E-state index contributed by atoms with van der Waals surface area (Å²) in [7, 11) is 0. The molecule has 1 aliphatic heterocycles. The van der Waals surface area contributed by atoms with E-state index in [0.29, 0.717) is 13.2 Å². The van der Waals surface area contributed by atoms with Crippen molar-refractivity contribution >= 4 is 0 Å². The highest BCUT2D eigenvalue weighted by Gasteiger charge is 2.14. The predicted octanol–water partition coefficient (Wildman–Crippen LogP) is 1.34. The topological polar surface area (TPSA) is 44.7 Å². The summed E-state index contributed by atoms with van der Waals surface area (Å²) in [6.07, 6.45) is 0.707. The minimum atomic E-state index is -0.436. The molecule has 0 aromatic heterocycles. The Morgan fingerprint density at radius 1 is 1.20 bits per heavy atom. The van der Waals surface area contributed by atoms with Gasteiger partial charge in [0.1, 0.15) is 18.5 Å². The van der Waals surface area contributed by atoms with Crippen molar-refractivity contribution in [3.8, 4) is 5.75 Å². The second-order valence-electron chi connectivity index (χ2n) is 5.69. The van der Waals surface area contributed by atoms with Gasteiger partial charge in [-0.05, 0) is 56.6 Å². The summed E-state index contributed by atoms with van der Waals surface area (Å²) in [6.45, 7) is 9.28. The number of benzene rings is 1. The van der Waals surface area contributed by atoms with Gasteiger partial charge in [0.25, 0.3) is 0 Å². The number of aryl methyl sites for hydroxylation is 2. The highest BCUT2D eigenvalue weighted by Crippen LogP contribution is 2.16. The minimum absolute atomic E-state index is 0.354. The fourth-order valence-electron chi connectivity index (χ4n) is 2.64. The maximum Gasteiger partial charge on any atom is 0.119 e. The fourth-order valence-corrected chi connectivity index (χ4v) is 2.64. The van der Waals surface area contributed by atoms with E-state index in [-0.39, 0.29) is 0 Å². The van der Waals surface area contributed by atoms with E-state index in [2.05, 4.69) is 30.1 Å². The normalized spacial score (nSPS) is 18.6. The molecule has 1 unspecified atom stereocenters. The van der Waals surface area contributed by atoms with Crippen LogP contribution in [0.4, 0.5) is 0 Å². The lowest BCUT2D eigenvalue weighted by Gasteiger charge is -2.23. The zero-order chi connectivity index (χ0) is 14.4. The summed E-state index contributed by atoms with van der Waals surface area (Å²) in [5, 5.41) is 13.5. The minimum Gasteiger partial charge on any atom is -0.491 e. The van der Waals surface area contributed by atoms with Gasteiger partial charge in [-0.25, -0.2) is 0 Å². The van der Waals surface area contributed by atoms with E-state index in [1.807, 2.05) is 12.1 Å². The number of nitrogens with one attached hydrogen (secondary N) is 1. The van der Waals surface area contributed by atoms with Crippen molar-refractivity contribution < 1.29 is 9.84 Å². The van der Waals surface area contributed by atoms with Gasteiger partial charge in [0.15, 0.2) is 0 Å². The summed E-state index contributed by atoms with van der Waals surface area (Å²) < 4.78 is 5.71. The molecule has 0 saturated carbocycles. The van der Waals surface area contributed by atoms with E-state index in [1.54, 1.807) is 0 Å². The molecule has 1 aliphatic rings. The van der Waals surface area contributed by atoms with Gasteiger partial charge in [0, 0.05) is 19.6 Å². The Balaban J connectivity index is 1.77. The zero-order valence-electron chi connectivity index (χ0n) is 12.6. The molecule has 0 radical (unpaired) electrons. The molecule has 1 aromatic rings. The Labute approximate surface area is 121 Å². The summed E-state index contributed by atoms with van der Waals surface area (Å²) >= 11 is 0. The molecule has 1 heterocycles. The van der Waals surface area contributed by atoms with Crippen LogP contribution < -0.4 is 10.1 Å². The average Bonchev–Trinajstić information content (AvgIpc) is 2.64. The Hall–Kier alpha value is -1.10. The van der Waals surface area contributed by atoms with Crippen LogP contribution in [0, 0.1) is 13.8 Å². The number of aliphatic hydroxyl groups is 1. The van der Waals surface area contributed by atoms with Crippen LogP contribution in [0.5, 0.6) is 5.75 Å². The predicted molar refractivity (Wildman–Crippen MR) is 81.3 cm³/mol. The molecule has 2 rings (SSSR count). The first-order valence-electron chi connectivity index (χ1n) is 7.46. The summed E-state index contributed by atoms with van der Waals surface area (Å²) in [4.78, 5) is 2.30. The summed E-state index contributed by atoms with van der Waals surface area (Å²) in [6, 6.07) is 6.14. The highest BCUT2D eigenvalue weighted by molar-refractivity contribution is 5.32. The molecular weight excluding hydrogens is 252 g/mol. The van der Waals surface area contributed by atoms with Gasteiger partial charge in [0.05, 0.1) is 0 Å². The lowest BCUT2D eigenvalue weighted by atomic mass is 10.1. The number of aliphatic hydroxyl groups excluding tert-OH is 1. The monoisotopic (exact) mass is 278 g/mol. The maximum absolute atomic E-state index is 10.1. The van der Waals surface area contributed by atoms with Crippen LogP contribution in [-0.2, 0) is 0 Å². The maximum atomic E-state index is 10.1. The highest BCUT2D eigenvalue weighted by atomic mass is 16.5. The molecule has 1 aromatic carbocycles. The number of hydrogen-bond acceptors (Lipinski definition) is 4. The van der Waals surface area contributed by atoms with Crippen molar-refractivity contribution in [2.45, 2.75) is 26.4 Å². The number of ether oxygens (including phenoxy) is 1. The Bertz CT molecular complexity index is 395. The van der Waals surface area contributed by atoms with Gasteiger partial charge in [-0.2, -0.15) is 0 Å². The lowest BCUT2D eigenvalue weighted by Crippen LogP contribution is -2.37. The van der Waals surface area contributed by atoms with Gasteiger partial charge < -0.3 is 15.2 Å². The third-order valence-corrected chi connectivity index (χ3v) is 3.54. The molecule has 4 heteroatoms. The third-order valence-electron chi connectivity index (χ3n) is 3.54. The molecule has 20 heavy (non-hydrogen) atoms. The first kappa shape index (κ1) is 15.3. The molecule has 2 N–H and O–H groups in total. The molecule has 0 bridgehead atoms. The van der Waals surface area contributed by atoms with Crippen molar-refractivity contribution in [3.63, 3.8) is 0 Å². The number of nitrogens with zero attached hydrogens (tertiary/aromatic N) is 1. The van der Waals surface area contributed by atoms with Gasteiger partial charge in [-0.3, -0.25) is 4.90 Å². The summed E-state index contributed by atoms with van der Waals surface area (Å²) in [5.74, 6) is 0.846. The average molecular weight is 278 g/mol. The number of rotatable bonds is 5. The van der Waals surface area contributed by atoms with Gasteiger partial charge >= 0.3 is 0 Å². The molecular formula is C16H26N2O2. The standard InChI is InChI=1S/C16H26N2O2/c1-13-8-14(2)10-16(9-13)20-12-15(19)11-18-6-3-4-17-5-7-18/h8-10,15,17,19H,3-7,11-12H2,1-2H3. The number of hydrogen-bond donors (Lipinski definition) is 2. The summed E-state index contributed by atoms with van der Waals surface area (Å²) in [5.41, 5.74) is 2.38. The molecule has 1 saturated heterocycles. The van der Waals surface area contributed by atoms with E-state index in [9.17, 15) is 5.11 Å². The van der Waals surface area contributed by atoms with Gasteiger partial charge in [0.2, 0.25) is 0 Å². The number of β-amino-alcohol motifs (C(OH)–C–C–N with tert-alkyl or cyclic N) is 1. The second kappa shape index (κ2) is 7.62. The second-order valence-corrected chi connectivity index (χ2v) is 5.69. The zero-order valence-corrected chi connectivity index (χ0v) is 12.6. The molecule has 0 amide bonds. The fraction of sp³-hybridized carbons (Fsp3) is 0.625. The van der Waals surface area contributed by atoms with Crippen LogP contribution in [0.1, 0.15) is 17.5 Å². The van der Waals surface area contributed by atoms with E-state index in [1.165, 1.54) is 11.1 Å². The van der Waals surface area contributed by atoms with Crippen LogP contribution in [0.25, 0.3) is 0 Å². The SMILES string of the molecule is Cc1cc(C)cc(OCC(O)CN2CCCNCC2)c1. The third kappa shape index (κ3) is 5.12. The largest absolute Gasteiger partial charge is 0.491 e. The van der Waals surface area contributed by atoms with Crippen LogP contribution >= 0.6 is 0 Å². The molecule has 4 nitrogen and oxygen atoms in total. The van der Waals surface area contributed by atoms with Crippen molar-refractivity contribution in [2.75, 3.05) is 39.3 Å². The van der Waals surface area contributed by atoms with E-state index in [4.69, 9.17) is 4.74 Å². The first-order chi connectivity index (χ1) is 9.63. The van der Waals surface area contributed by atoms with E-state index < -0.39 is 6.10 Å². The van der Waals surface area contributed by atoms with Crippen LogP contribution in [0.2, 0.25) is 0 Å². The first-order valence-corrected chi connectivity index (χ1v) is 7.46. The molecule has 0 spiro atoms. The van der Waals surface area contributed by atoms with Crippen LogP contribution in [0.3, 0.4) is 0 Å². The van der Waals surface area contributed by atoms with Crippen LogP contribution in [-0.4, -0.2) is 55.4 Å². The Morgan fingerprint density at radius 2 is 1.95 bits per heavy atom. The molecule has 112 valence electrons. The molecule has 1 atom stereocenters. The Morgan fingerprint density at radius 3 is 2.70 bits per heavy atom. The van der Waals surface area contributed by atoms with E-state index >= 15 is 0 Å². The quantitative estimate of drug-likeness (QED) is 0.853. The van der Waals surface area contributed by atoms with Crippen molar-refractivity contribution in [1.82, 2.24) is 10.2 Å². The van der Waals surface area contributed by atoms with E-state index in [0.717, 1.165) is 38.3 Å². The van der Waals surface area contributed by atoms with Crippen molar-refractivity contribution in [1.29, 1.82) is 0 Å². The lowest BCUT2D eigenvalue weighted by molar-refractivity contribution is 0.0703.